The van der Waals surface area contributed by atoms with Crippen LogP contribution >= 0.6 is 23.6 Å². The number of aliphatic carboxylic acids is 1. The lowest BCUT2D eigenvalue weighted by Gasteiger charge is -2.18. The van der Waals surface area contributed by atoms with Crippen molar-refractivity contribution >= 4 is 29.5 Å². The number of nitrogens with one attached hydrogen (secondary N) is 1. The van der Waals surface area contributed by atoms with Crippen molar-refractivity contribution in [1.82, 2.24) is 4.98 Å². The Morgan fingerprint density at radius 1 is 1.60 bits per heavy atom. The Labute approximate surface area is 125 Å². The van der Waals surface area contributed by atoms with Gasteiger partial charge in [0.25, 0.3) is 0 Å². The van der Waals surface area contributed by atoms with Crippen LogP contribution in [-0.4, -0.2) is 17.1 Å². The Kier molecular flexibility index (Phi) is 3.35. The number of H-pyrrole nitrogens is 1. The zero-order chi connectivity index (χ0) is 14.3. The summed E-state index contributed by atoms with van der Waals surface area (Å²) < 4.78 is 6.24. The average molecular weight is 306 g/mol. The van der Waals surface area contributed by atoms with Gasteiger partial charge in [-0.15, -0.1) is 11.3 Å². The van der Waals surface area contributed by atoms with Crippen LogP contribution in [-0.2, 0) is 11.2 Å². The van der Waals surface area contributed by atoms with Crippen LogP contribution in [0.3, 0.4) is 0 Å². The third-order valence-corrected chi connectivity index (χ3v) is 4.57. The lowest BCUT2D eigenvalue weighted by atomic mass is 10.1. The van der Waals surface area contributed by atoms with Crippen molar-refractivity contribution in [3.63, 3.8) is 0 Å². The molecule has 0 amide bonds. The number of carboxylic acid groups (broad SMARTS) is 1. The Bertz CT molecular complexity index is 732. The first-order valence-corrected chi connectivity index (χ1v) is 7.53. The summed E-state index contributed by atoms with van der Waals surface area (Å²) in [4.78, 5) is 15.3. The topological polar surface area (TPSA) is 65.2 Å². The highest BCUT2D eigenvalue weighted by atomic mass is 32.1. The monoisotopic (exact) mass is 306 g/mol. The first kappa shape index (κ1) is 13.3. The molecule has 0 saturated heterocycles. The van der Waals surface area contributed by atoms with E-state index in [1.165, 1.54) is 4.88 Å². The summed E-state index contributed by atoms with van der Waals surface area (Å²) in [5, 5.41) is 10.9. The summed E-state index contributed by atoms with van der Waals surface area (Å²) in [6, 6.07) is 5.62. The second-order valence-electron chi connectivity index (χ2n) is 4.64. The van der Waals surface area contributed by atoms with Crippen molar-refractivity contribution in [2.75, 3.05) is 0 Å². The second-order valence-corrected chi connectivity index (χ2v) is 6.41. The van der Waals surface area contributed by atoms with E-state index >= 15 is 0 Å². The van der Waals surface area contributed by atoms with Gasteiger partial charge in [-0.3, -0.25) is 0 Å². The molecule has 1 aromatic heterocycles. The summed E-state index contributed by atoms with van der Waals surface area (Å²) in [6.07, 6.45) is 0.274. The molecule has 104 valence electrons. The van der Waals surface area contributed by atoms with Crippen LogP contribution < -0.4 is 9.84 Å². The van der Waals surface area contributed by atoms with Gasteiger partial charge in [0, 0.05) is 16.9 Å². The molecule has 1 atom stereocenters. The number of rotatable bonds is 4. The SMILES string of the molecule is CCC(Oc1ccc2c(c1)Cc1sc(=S)[nH]c1-2)C(=O)[O-]. The fourth-order valence-electron chi connectivity index (χ4n) is 2.37. The first-order chi connectivity index (χ1) is 9.58. The van der Waals surface area contributed by atoms with Crippen molar-refractivity contribution < 1.29 is 14.6 Å². The highest BCUT2D eigenvalue weighted by Crippen LogP contribution is 2.39. The molecule has 0 aliphatic heterocycles. The molecule has 2 aromatic rings. The predicted molar refractivity (Wildman–Crippen MR) is 77.5 cm³/mol. The molecule has 0 saturated carbocycles. The number of carboxylic acids is 1. The number of carbonyl (C=O) groups excluding carboxylic acids is 1. The maximum absolute atomic E-state index is 10.9. The van der Waals surface area contributed by atoms with Crippen molar-refractivity contribution in [1.29, 1.82) is 0 Å². The predicted octanol–water partition coefficient (Wildman–Crippen LogP) is 2.28. The van der Waals surface area contributed by atoms with E-state index in [4.69, 9.17) is 17.0 Å². The second kappa shape index (κ2) is 5.03. The van der Waals surface area contributed by atoms with Crippen molar-refractivity contribution in [2.24, 2.45) is 0 Å². The van der Waals surface area contributed by atoms with Crippen molar-refractivity contribution in [3.8, 4) is 17.0 Å². The van der Waals surface area contributed by atoms with Gasteiger partial charge in [-0.25, -0.2) is 0 Å². The minimum atomic E-state index is -1.18. The molecule has 1 heterocycles. The number of hydrogen-bond acceptors (Lipinski definition) is 5. The largest absolute Gasteiger partial charge is 0.546 e. The summed E-state index contributed by atoms with van der Waals surface area (Å²) in [6.45, 7) is 1.76. The molecule has 0 spiro atoms. The van der Waals surface area contributed by atoms with E-state index < -0.39 is 12.1 Å². The maximum atomic E-state index is 10.9. The molecule has 1 N–H and O–H groups in total. The van der Waals surface area contributed by atoms with Gasteiger partial charge in [-0.2, -0.15) is 0 Å². The molecular weight excluding hydrogens is 294 g/mol. The maximum Gasteiger partial charge on any atom is 0.159 e. The van der Waals surface area contributed by atoms with Crippen LogP contribution in [0.25, 0.3) is 11.3 Å². The highest BCUT2D eigenvalue weighted by molar-refractivity contribution is 7.73. The van der Waals surface area contributed by atoms with Gasteiger partial charge in [0.2, 0.25) is 0 Å². The van der Waals surface area contributed by atoms with Crippen molar-refractivity contribution in [2.45, 2.75) is 25.9 Å². The van der Waals surface area contributed by atoms with Crippen LogP contribution in [0, 0.1) is 3.95 Å². The van der Waals surface area contributed by atoms with Crippen LogP contribution in [0.15, 0.2) is 18.2 Å². The molecular formula is C14H12NO3S2-. The molecule has 0 radical (unpaired) electrons. The third-order valence-electron chi connectivity index (χ3n) is 3.33. The van der Waals surface area contributed by atoms with Gasteiger partial charge >= 0.3 is 0 Å². The smallest absolute Gasteiger partial charge is 0.159 e. The summed E-state index contributed by atoms with van der Waals surface area (Å²) in [7, 11) is 0. The van der Waals surface area contributed by atoms with E-state index in [9.17, 15) is 9.90 Å². The number of fused-ring (bicyclic) bond motifs is 3. The van der Waals surface area contributed by atoms with E-state index in [-0.39, 0.29) is 0 Å². The normalized spacial score (nSPS) is 13.7. The van der Waals surface area contributed by atoms with Crippen LogP contribution in [0.4, 0.5) is 0 Å². The minimum Gasteiger partial charge on any atom is -0.546 e. The van der Waals surface area contributed by atoms with Gasteiger partial charge in [0.15, 0.2) is 3.95 Å². The fraction of sp³-hybridized carbons (Fsp3) is 0.286. The Balaban J connectivity index is 1.90. The number of benzene rings is 1. The van der Waals surface area contributed by atoms with E-state index in [0.717, 1.165) is 27.2 Å². The molecule has 1 aromatic carbocycles. The van der Waals surface area contributed by atoms with Crippen LogP contribution in [0.1, 0.15) is 23.8 Å². The van der Waals surface area contributed by atoms with Gasteiger partial charge < -0.3 is 19.6 Å². The number of aromatic nitrogens is 1. The molecule has 20 heavy (non-hydrogen) atoms. The van der Waals surface area contributed by atoms with Crippen LogP contribution in [0.5, 0.6) is 5.75 Å². The fourth-order valence-corrected chi connectivity index (χ4v) is 3.64. The number of aromatic amines is 1. The van der Waals surface area contributed by atoms with Gasteiger partial charge in [0.05, 0.1) is 11.7 Å². The molecule has 4 nitrogen and oxygen atoms in total. The minimum absolute atomic E-state index is 0.375. The number of thiazole rings is 1. The molecule has 0 bridgehead atoms. The standard InChI is InChI=1S/C14H13NO3S2/c1-2-10(13(16)17)18-8-3-4-9-7(5-8)6-11-12(9)15-14(19)20-11/h3-5,10H,2,6H2,1H3,(H,15,19)(H,16,17)/p-1. The van der Waals surface area contributed by atoms with Gasteiger partial charge in [0.1, 0.15) is 11.9 Å². The molecule has 3 rings (SSSR count). The Morgan fingerprint density at radius 3 is 3.10 bits per heavy atom. The first-order valence-electron chi connectivity index (χ1n) is 6.31. The zero-order valence-electron chi connectivity index (χ0n) is 10.8. The van der Waals surface area contributed by atoms with Gasteiger partial charge in [-0.1, -0.05) is 6.92 Å². The van der Waals surface area contributed by atoms with Crippen LogP contribution in [0.2, 0.25) is 0 Å². The summed E-state index contributed by atoms with van der Waals surface area (Å²) in [5.41, 5.74) is 3.32. The lowest BCUT2D eigenvalue weighted by Crippen LogP contribution is -2.39. The Hall–Kier alpha value is -1.66. The average Bonchev–Trinajstić information content (AvgIpc) is 2.90. The lowest BCUT2D eigenvalue weighted by molar-refractivity contribution is -0.313. The Morgan fingerprint density at radius 2 is 2.40 bits per heavy atom. The third kappa shape index (κ3) is 2.25. The molecule has 1 aliphatic rings. The van der Waals surface area contributed by atoms with E-state index in [1.54, 1.807) is 24.3 Å². The molecule has 1 unspecified atom stereocenters. The zero-order valence-corrected chi connectivity index (χ0v) is 12.4. The number of ether oxygens (including phenoxy) is 1. The summed E-state index contributed by atoms with van der Waals surface area (Å²) in [5.74, 6) is -0.621. The van der Waals surface area contributed by atoms with E-state index in [0.29, 0.717) is 12.2 Å². The van der Waals surface area contributed by atoms with Gasteiger partial charge in [-0.05, 0) is 42.4 Å². The highest BCUT2D eigenvalue weighted by Gasteiger charge is 2.22. The van der Waals surface area contributed by atoms with E-state index in [1.807, 2.05) is 12.1 Å². The molecule has 6 heteroatoms. The van der Waals surface area contributed by atoms with E-state index in [2.05, 4.69) is 4.98 Å². The summed E-state index contributed by atoms with van der Waals surface area (Å²) >= 11 is 6.72. The number of carbonyl (C=O) groups is 1. The molecule has 0 fully saturated rings. The molecule has 1 aliphatic carbocycles. The quantitative estimate of drug-likeness (QED) is 0.751. The number of hydrogen-bond donors (Lipinski definition) is 1. The van der Waals surface area contributed by atoms with Crippen molar-refractivity contribution in [3.05, 3.63) is 32.6 Å².